The number of hydrogen-bond donors (Lipinski definition) is 0. The summed E-state index contributed by atoms with van der Waals surface area (Å²) in [5, 5.41) is 0. The average Bonchev–Trinajstić information content (AvgIpc) is 2.83. The molecule has 0 spiro atoms. The van der Waals surface area contributed by atoms with Crippen molar-refractivity contribution in [1.29, 1.82) is 0 Å². The molecular weight excluding hydrogens is 459 g/mol. The molecule has 0 saturated carbocycles. The molecule has 1 rings (SSSR count). The van der Waals surface area contributed by atoms with Gasteiger partial charge in [-0.25, -0.2) is 13.2 Å². The molecule has 194 valence electrons. The zero-order valence-electron chi connectivity index (χ0n) is 20.2. The van der Waals surface area contributed by atoms with Crippen LogP contribution < -0.4 is 4.74 Å². The Kier molecular flexibility index (Phi) is 13.1. The second-order valence-corrected chi connectivity index (χ2v) is 8.40. The van der Waals surface area contributed by atoms with Crippen LogP contribution in [-0.4, -0.2) is 18.5 Å². The van der Waals surface area contributed by atoms with Crippen molar-refractivity contribution < 1.29 is 41.0 Å². The lowest BCUT2D eigenvalue weighted by Gasteiger charge is -2.27. The molecule has 0 aromatic heterocycles. The molecule has 0 aliphatic rings. The van der Waals surface area contributed by atoms with Crippen LogP contribution in [0.4, 0.5) is 22.0 Å². The van der Waals surface area contributed by atoms with Crippen molar-refractivity contribution in [3.8, 4) is 5.75 Å². The van der Waals surface area contributed by atoms with Gasteiger partial charge >= 0.3 is 11.9 Å². The number of benzene rings is 1. The topological polar surface area (TPSA) is 52.6 Å². The third-order valence-corrected chi connectivity index (χ3v) is 6.08. The van der Waals surface area contributed by atoms with Gasteiger partial charge in [0.05, 0.1) is 6.61 Å². The second-order valence-electron chi connectivity index (χ2n) is 8.40. The fourth-order valence-electron chi connectivity index (χ4n) is 3.67. The van der Waals surface area contributed by atoms with Crippen LogP contribution in [0.2, 0.25) is 0 Å². The zero-order chi connectivity index (χ0) is 25.7. The van der Waals surface area contributed by atoms with Crippen LogP contribution in [0, 0.1) is 34.5 Å². The predicted molar refractivity (Wildman–Crippen MR) is 118 cm³/mol. The van der Waals surface area contributed by atoms with Gasteiger partial charge in [0.25, 0.3) is 0 Å². The molecule has 0 bridgehead atoms. The third kappa shape index (κ3) is 7.67. The quantitative estimate of drug-likeness (QED) is 0.0453. The van der Waals surface area contributed by atoms with E-state index in [9.17, 15) is 31.5 Å². The van der Waals surface area contributed by atoms with Gasteiger partial charge in [-0.05, 0) is 19.3 Å². The smallest absolute Gasteiger partial charge is 0.329 e. The first-order valence-electron chi connectivity index (χ1n) is 12.1. The van der Waals surface area contributed by atoms with E-state index in [1.165, 1.54) is 46.0 Å². The summed E-state index contributed by atoms with van der Waals surface area (Å²) in [5.74, 6) is -15.6. The summed E-state index contributed by atoms with van der Waals surface area (Å²) in [6, 6.07) is 0. The molecule has 34 heavy (non-hydrogen) atoms. The first kappa shape index (κ1) is 29.8. The van der Waals surface area contributed by atoms with E-state index in [4.69, 9.17) is 4.74 Å². The Bertz CT molecular complexity index is 780. The lowest BCUT2D eigenvalue weighted by atomic mass is 9.82. The Morgan fingerprint density at radius 3 is 1.47 bits per heavy atom. The van der Waals surface area contributed by atoms with E-state index >= 15 is 0 Å². The summed E-state index contributed by atoms with van der Waals surface area (Å²) in [6.07, 6.45) is 10.5. The third-order valence-electron chi connectivity index (χ3n) is 6.08. The first-order chi connectivity index (χ1) is 16.2. The maximum atomic E-state index is 13.9. The zero-order valence-corrected chi connectivity index (χ0v) is 20.2. The largest absolute Gasteiger partial charge is 0.465 e. The molecular formula is C25H35F5O4. The van der Waals surface area contributed by atoms with E-state index in [2.05, 4.69) is 11.7 Å². The highest BCUT2D eigenvalue weighted by Gasteiger charge is 2.47. The molecule has 0 unspecified atom stereocenters. The van der Waals surface area contributed by atoms with Gasteiger partial charge in [-0.3, -0.25) is 9.59 Å². The highest BCUT2D eigenvalue weighted by atomic mass is 19.2. The number of esters is 2. The van der Waals surface area contributed by atoms with Crippen LogP contribution in [0.15, 0.2) is 0 Å². The summed E-state index contributed by atoms with van der Waals surface area (Å²) < 4.78 is 77.6. The molecule has 0 radical (unpaired) electrons. The van der Waals surface area contributed by atoms with Crippen molar-refractivity contribution in [2.24, 2.45) is 5.41 Å². The number of halogens is 5. The Hall–Kier alpha value is -2.19. The van der Waals surface area contributed by atoms with Gasteiger partial charge < -0.3 is 9.47 Å². The molecule has 1 aromatic carbocycles. The maximum absolute atomic E-state index is 13.9. The van der Waals surface area contributed by atoms with Crippen LogP contribution in [0.5, 0.6) is 5.75 Å². The van der Waals surface area contributed by atoms with Crippen molar-refractivity contribution in [3.05, 3.63) is 29.1 Å². The average molecular weight is 495 g/mol. The summed E-state index contributed by atoms with van der Waals surface area (Å²) in [5.41, 5.74) is -1.93. The van der Waals surface area contributed by atoms with Gasteiger partial charge in [0.1, 0.15) is 0 Å². The van der Waals surface area contributed by atoms with E-state index < -0.39 is 52.2 Å². The molecule has 0 fully saturated rings. The van der Waals surface area contributed by atoms with Crippen molar-refractivity contribution in [2.45, 2.75) is 97.8 Å². The number of unbranched alkanes of at least 4 members (excludes halogenated alkanes) is 9. The molecule has 1 aromatic rings. The maximum Gasteiger partial charge on any atom is 0.329 e. The Morgan fingerprint density at radius 1 is 0.618 bits per heavy atom. The number of hydrogen-bond acceptors (Lipinski definition) is 4. The molecule has 9 heteroatoms. The minimum absolute atomic E-state index is 0.0485. The normalized spacial score (nSPS) is 11.5. The Labute approximate surface area is 198 Å². The molecule has 0 N–H and O–H groups in total. The van der Waals surface area contributed by atoms with Crippen LogP contribution in [0.25, 0.3) is 0 Å². The first-order valence-corrected chi connectivity index (χ1v) is 12.1. The van der Waals surface area contributed by atoms with Gasteiger partial charge in [0.2, 0.25) is 34.8 Å². The van der Waals surface area contributed by atoms with Crippen molar-refractivity contribution in [2.75, 3.05) is 6.61 Å². The van der Waals surface area contributed by atoms with E-state index in [1.807, 2.05) is 0 Å². The number of ether oxygens (including phenoxy) is 2. The Morgan fingerprint density at radius 2 is 1.03 bits per heavy atom. The summed E-state index contributed by atoms with van der Waals surface area (Å²) >= 11 is 0. The Balaban J connectivity index is 2.63. The molecule has 0 aliphatic heterocycles. The van der Waals surface area contributed by atoms with Gasteiger partial charge in [0.15, 0.2) is 5.41 Å². The van der Waals surface area contributed by atoms with Crippen LogP contribution >= 0.6 is 0 Å². The van der Waals surface area contributed by atoms with Crippen LogP contribution in [-0.2, 0) is 14.3 Å². The summed E-state index contributed by atoms with van der Waals surface area (Å²) in [4.78, 5) is 25.3. The van der Waals surface area contributed by atoms with Crippen molar-refractivity contribution in [1.82, 2.24) is 0 Å². The molecule has 0 heterocycles. The van der Waals surface area contributed by atoms with E-state index in [1.54, 1.807) is 0 Å². The highest BCUT2D eigenvalue weighted by Crippen LogP contribution is 2.34. The van der Waals surface area contributed by atoms with Gasteiger partial charge in [-0.1, -0.05) is 78.6 Å². The number of carbonyl (C=O) groups excluding carboxylic acids is 2. The fourth-order valence-corrected chi connectivity index (χ4v) is 3.67. The van der Waals surface area contributed by atoms with E-state index in [0.717, 1.165) is 25.7 Å². The molecule has 4 nitrogen and oxygen atoms in total. The monoisotopic (exact) mass is 494 g/mol. The molecule has 0 aliphatic carbocycles. The SMILES string of the molecule is CCCCCCCCCCCCOC(=O)C(CC)(CC)C(=O)Oc1c(F)c(F)c(F)c(F)c1F. The fraction of sp³-hybridized carbons (Fsp3) is 0.680. The van der Waals surface area contributed by atoms with Gasteiger partial charge in [-0.15, -0.1) is 0 Å². The van der Waals surface area contributed by atoms with Crippen LogP contribution in [0.1, 0.15) is 97.8 Å². The van der Waals surface area contributed by atoms with Gasteiger partial charge in [-0.2, -0.15) is 8.78 Å². The number of carbonyl (C=O) groups is 2. The predicted octanol–water partition coefficient (Wildman–Crippen LogP) is 7.56. The summed E-state index contributed by atoms with van der Waals surface area (Å²) in [7, 11) is 0. The van der Waals surface area contributed by atoms with Crippen LogP contribution in [0.3, 0.4) is 0 Å². The lowest BCUT2D eigenvalue weighted by molar-refractivity contribution is -0.168. The van der Waals surface area contributed by atoms with Gasteiger partial charge in [0, 0.05) is 0 Å². The van der Waals surface area contributed by atoms with Crippen molar-refractivity contribution in [3.63, 3.8) is 0 Å². The second kappa shape index (κ2) is 14.9. The van der Waals surface area contributed by atoms with E-state index in [0.29, 0.717) is 6.42 Å². The molecule has 0 saturated heterocycles. The standard InChI is InChI=1S/C25H35F5O4/c1-4-7-8-9-10-11-12-13-14-15-16-33-23(31)25(5-2,6-3)24(32)34-22-20(29)18(27)17(26)19(28)21(22)30/h4-16H2,1-3H3. The highest BCUT2D eigenvalue weighted by molar-refractivity contribution is 6.00. The molecule has 0 amide bonds. The minimum atomic E-state index is -2.37. The minimum Gasteiger partial charge on any atom is -0.465 e. The lowest BCUT2D eigenvalue weighted by Crippen LogP contribution is -2.43. The summed E-state index contributed by atoms with van der Waals surface area (Å²) in [6.45, 7) is 5.15. The van der Waals surface area contributed by atoms with E-state index in [-0.39, 0.29) is 19.4 Å². The number of rotatable bonds is 16. The van der Waals surface area contributed by atoms with Crippen molar-refractivity contribution >= 4 is 11.9 Å². The molecule has 0 atom stereocenters.